The van der Waals surface area contributed by atoms with Crippen molar-refractivity contribution in [3.63, 3.8) is 0 Å². The monoisotopic (exact) mass is 475 g/mol. The minimum absolute atomic E-state index is 0.216. The number of pyridine rings is 2. The molecule has 1 saturated carbocycles. The van der Waals surface area contributed by atoms with E-state index in [9.17, 15) is 9.59 Å². The van der Waals surface area contributed by atoms with Crippen molar-refractivity contribution in [2.45, 2.75) is 45.1 Å². The molecule has 3 aromatic rings. The average Bonchev–Trinajstić information content (AvgIpc) is 3.61. The average molecular weight is 476 g/mol. The third-order valence-electron chi connectivity index (χ3n) is 6.51. The number of rotatable bonds is 6. The molecule has 1 aliphatic heterocycles. The van der Waals surface area contributed by atoms with Gasteiger partial charge in [-0.1, -0.05) is 19.8 Å². The van der Waals surface area contributed by atoms with E-state index in [0.29, 0.717) is 42.5 Å². The van der Waals surface area contributed by atoms with Gasteiger partial charge in [0, 0.05) is 50.2 Å². The summed E-state index contributed by atoms with van der Waals surface area (Å²) in [6.07, 6.45) is 10.3. The van der Waals surface area contributed by atoms with Crippen LogP contribution in [0, 0.1) is 0 Å². The largest absolute Gasteiger partial charge is 0.455 e. The van der Waals surface area contributed by atoms with E-state index in [1.165, 1.54) is 4.90 Å². The van der Waals surface area contributed by atoms with Crippen LogP contribution in [0.25, 0.3) is 11.3 Å². The van der Waals surface area contributed by atoms with Crippen molar-refractivity contribution >= 4 is 17.9 Å². The van der Waals surface area contributed by atoms with Crippen LogP contribution in [0.5, 0.6) is 11.5 Å². The molecule has 0 spiro atoms. The van der Waals surface area contributed by atoms with Crippen molar-refractivity contribution in [1.29, 1.82) is 0 Å². The van der Waals surface area contributed by atoms with E-state index in [0.717, 1.165) is 36.9 Å². The third-order valence-corrected chi connectivity index (χ3v) is 6.51. The Balaban J connectivity index is 1.27. The van der Waals surface area contributed by atoms with Gasteiger partial charge in [0.25, 0.3) is 0 Å². The number of carbonyl (C=O) groups excluding carboxylic acids is 2. The maximum absolute atomic E-state index is 12.8. The van der Waals surface area contributed by atoms with Crippen molar-refractivity contribution in [3.05, 3.63) is 48.5 Å². The SMILES string of the molecule is CCc1nc(NC(=O)N2CCN(C3CCCC3)C2=O)ccc1Oc1ccnc(-c2cnn(C)c2)c1. The molecule has 35 heavy (non-hydrogen) atoms. The Labute approximate surface area is 203 Å². The number of aromatic nitrogens is 4. The summed E-state index contributed by atoms with van der Waals surface area (Å²) in [6, 6.07) is 6.69. The van der Waals surface area contributed by atoms with E-state index >= 15 is 0 Å². The Kier molecular flexibility index (Phi) is 6.35. The summed E-state index contributed by atoms with van der Waals surface area (Å²) in [5.41, 5.74) is 2.35. The zero-order chi connectivity index (χ0) is 24.4. The second kappa shape index (κ2) is 9.73. The number of anilines is 1. The van der Waals surface area contributed by atoms with Crippen molar-refractivity contribution in [2.75, 3.05) is 18.4 Å². The lowest BCUT2D eigenvalue weighted by molar-refractivity contribution is 0.178. The molecule has 0 unspecified atom stereocenters. The molecule has 10 heteroatoms. The molecule has 182 valence electrons. The van der Waals surface area contributed by atoms with Gasteiger partial charge in [-0.05, 0) is 37.5 Å². The Morgan fingerprint density at radius 2 is 2.03 bits per heavy atom. The predicted molar refractivity (Wildman–Crippen MR) is 130 cm³/mol. The maximum atomic E-state index is 12.8. The number of urea groups is 2. The number of ether oxygens (including phenoxy) is 1. The Morgan fingerprint density at radius 3 is 2.77 bits per heavy atom. The second-order valence-electron chi connectivity index (χ2n) is 8.87. The van der Waals surface area contributed by atoms with E-state index in [4.69, 9.17) is 4.74 Å². The predicted octanol–water partition coefficient (Wildman–Crippen LogP) is 4.44. The highest BCUT2D eigenvalue weighted by Crippen LogP contribution is 2.29. The summed E-state index contributed by atoms with van der Waals surface area (Å²) in [4.78, 5) is 37.7. The number of aryl methyl sites for hydroxylation is 2. The molecule has 1 N–H and O–H groups in total. The molecule has 0 atom stereocenters. The van der Waals surface area contributed by atoms with Gasteiger partial charge in [-0.15, -0.1) is 0 Å². The van der Waals surface area contributed by atoms with Crippen LogP contribution < -0.4 is 10.1 Å². The van der Waals surface area contributed by atoms with Crippen LogP contribution in [0.3, 0.4) is 0 Å². The number of nitrogens with one attached hydrogen (secondary N) is 1. The van der Waals surface area contributed by atoms with Gasteiger partial charge >= 0.3 is 12.1 Å². The standard InChI is InChI=1S/C25H29N7O3/c1-3-20-22(35-19-10-11-26-21(14-19)17-15-27-30(2)16-17)8-9-23(28-20)29-24(33)32-13-12-31(25(32)34)18-6-4-5-7-18/h8-11,14-16,18H,3-7,12-13H2,1-2H3,(H,28,29,33). The van der Waals surface area contributed by atoms with Gasteiger partial charge in [-0.25, -0.2) is 19.5 Å². The Morgan fingerprint density at radius 1 is 1.20 bits per heavy atom. The first-order valence-electron chi connectivity index (χ1n) is 12.0. The number of nitrogens with zero attached hydrogens (tertiary/aromatic N) is 6. The molecule has 4 heterocycles. The van der Waals surface area contributed by atoms with Crippen LogP contribution in [-0.2, 0) is 13.5 Å². The molecular weight excluding hydrogens is 446 g/mol. The van der Waals surface area contributed by atoms with Crippen molar-refractivity contribution in [1.82, 2.24) is 29.5 Å². The van der Waals surface area contributed by atoms with Crippen LogP contribution in [0.4, 0.5) is 15.4 Å². The molecule has 0 aromatic carbocycles. The first-order chi connectivity index (χ1) is 17.0. The van der Waals surface area contributed by atoms with Gasteiger partial charge in [-0.2, -0.15) is 5.10 Å². The summed E-state index contributed by atoms with van der Waals surface area (Å²) >= 11 is 0. The van der Waals surface area contributed by atoms with Crippen molar-refractivity contribution in [3.8, 4) is 22.8 Å². The fourth-order valence-electron chi connectivity index (χ4n) is 4.69. The van der Waals surface area contributed by atoms with Gasteiger partial charge in [0.05, 0.1) is 17.6 Å². The highest BCUT2D eigenvalue weighted by molar-refractivity contribution is 6.01. The van der Waals surface area contributed by atoms with Gasteiger partial charge in [0.1, 0.15) is 17.3 Å². The number of hydrogen-bond acceptors (Lipinski definition) is 6. The summed E-state index contributed by atoms with van der Waals surface area (Å²) in [5, 5.41) is 6.97. The van der Waals surface area contributed by atoms with Crippen LogP contribution >= 0.6 is 0 Å². The summed E-state index contributed by atoms with van der Waals surface area (Å²) in [6.45, 7) is 2.95. The number of hydrogen-bond donors (Lipinski definition) is 1. The lowest BCUT2D eigenvalue weighted by Gasteiger charge is -2.23. The molecule has 5 rings (SSSR count). The molecule has 2 fully saturated rings. The first kappa shape index (κ1) is 22.8. The number of amides is 4. The van der Waals surface area contributed by atoms with Gasteiger partial charge < -0.3 is 9.64 Å². The molecular formula is C25H29N7O3. The molecule has 4 amide bonds. The second-order valence-corrected chi connectivity index (χ2v) is 8.87. The zero-order valence-electron chi connectivity index (χ0n) is 20.0. The highest BCUT2D eigenvalue weighted by atomic mass is 16.5. The minimum atomic E-state index is -0.450. The molecule has 0 radical (unpaired) electrons. The number of carbonyl (C=O) groups is 2. The topological polar surface area (TPSA) is 105 Å². The van der Waals surface area contributed by atoms with Crippen molar-refractivity contribution < 1.29 is 14.3 Å². The summed E-state index contributed by atoms with van der Waals surface area (Å²) in [5.74, 6) is 1.61. The lowest BCUT2D eigenvalue weighted by Crippen LogP contribution is -2.42. The Hall–Kier alpha value is -3.95. The molecule has 10 nitrogen and oxygen atoms in total. The minimum Gasteiger partial charge on any atom is -0.455 e. The third kappa shape index (κ3) is 4.82. The fraction of sp³-hybridized carbons (Fsp3) is 0.400. The van der Waals surface area contributed by atoms with Crippen LogP contribution in [0.1, 0.15) is 38.3 Å². The van der Waals surface area contributed by atoms with E-state index in [2.05, 4.69) is 20.4 Å². The lowest BCUT2D eigenvalue weighted by atomic mass is 10.2. The van der Waals surface area contributed by atoms with Crippen LogP contribution in [0.15, 0.2) is 42.9 Å². The van der Waals surface area contributed by atoms with E-state index in [1.807, 2.05) is 31.1 Å². The quantitative estimate of drug-likeness (QED) is 0.565. The normalized spacial score (nSPS) is 16.2. The first-order valence-corrected chi connectivity index (χ1v) is 12.0. The van der Waals surface area contributed by atoms with E-state index < -0.39 is 6.03 Å². The van der Waals surface area contributed by atoms with Gasteiger partial charge in [-0.3, -0.25) is 15.0 Å². The highest BCUT2D eigenvalue weighted by Gasteiger charge is 2.38. The smallest absolute Gasteiger partial charge is 0.331 e. The van der Waals surface area contributed by atoms with E-state index in [1.54, 1.807) is 35.3 Å². The van der Waals surface area contributed by atoms with Crippen molar-refractivity contribution in [2.24, 2.45) is 7.05 Å². The molecule has 1 saturated heterocycles. The van der Waals surface area contributed by atoms with Crippen LogP contribution in [0.2, 0.25) is 0 Å². The number of imide groups is 1. The molecule has 3 aromatic heterocycles. The zero-order valence-corrected chi connectivity index (χ0v) is 20.0. The van der Waals surface area contributed by atoms with Crippen LogP contribution in [-0.4, -0.2) is 60.7 Å². The van der Waals surface area contributed by atoms with Gasteiger partial charge in [0.2, 0.25) is 0 Å². The molecule has 1 aliphatic carbocycles. The maximum Gasteiger partial charge on any atom is 0.331 e. The van der Waals surface area contributed by atoms with E-state index in [-0.39, 0.29) is 12.1 Å². The molecule has 2 aliphatic rings. The fourth-order valence-corrected chi connectivity index (χ4v) is 4.69. The summed E-state index contributed by atoms with van der Waals surface area (Å²) < 4.78 is 7.82. The summed E-state index contributed by atoms with van der Waals surface area (Å²) in [7, 11) is 1.86. The Bertz CT molecular complexity index is 1240. The van der Waals surface area contributed by atoms with Gasteiger partial charge in [0.15, 0.2) is 0 Å². The molecule has 0 bridgehead atoms.